The Hall–Kier alpha value is -3.01. The number of carbonyl (C=O) groups is 1. The zero-order valence-electron chi connectivity index (χ0n) is 15.4. The van der Waals surface area contributed by atoms with Crippen LogP contribution in [0, 0.1) is 5.82 Å². The summed E-state index contributed by atoms with van der Waals surface area (Å²) in [4.78, 5) is 11.6. The van der Waals surface area contributed by atoms with Gasteiger partial charge < -0.3 is 4.42 Å². The minimum absolute atomic E-state index is 0.0390. The van der Waals surface area contributed by atoms with Gasteiger partial charge in [-0.2, -0.15) is 8.78 Å². The molecule has 2 aromatic carbocycles. The zero-order valence-corrected chi connectivity index (χ0v) is 16.3. The molecule has 0 spiro atoms. The van der Waals surface area contributed by atoms with Crippen LogP contribution in [-0.4, -0.2) is 26.4 Å². The van der Waals surface area contributed by atoms with Gasteiger partial charge in [-0.3, -0.25) is 9.10 Å². The Morgan fingerprint density at radius 1 is 1.21 bits per heavy atom. The van der Waals surface area contributed by atoms with Crippen molar-refractivity contribution in [3.8, 4) is 11.5 Å². The molecule has 1 heterocycles. The fourth-order valence-corrected chi connectivity index (χ4v) is 3.34. The van der Waals surface area contributed by atoms with E-state index in [-0.39, 0.29) is 29.3 Å². The van der Waals surface area contributed by atoms with Crippen LogP contribution in [0.4, 0.5) is 18.9 Å². The Bertz CT molecular complexity index is 1070. The van der Waals surface area contributed by atoms with Gasteiger partial charge in [0.05, 0.1) is 12.2 Å². The number of aromatic nitrogens is 2. The Morgan fingerprint density at radius 2 is 1.97 bits per heavy atom. The van der Waals surface area contributed by atoms with E-state index in [0.717, 1.165) is 6.07 Å². The number of halogens is 3. The van der Waals surface area contributed by atoms with Gasteiger partial charge >= 0.3 is 6.43 Å². The lowest BCUT2D eigenvalue weighted by Gasteiger charge is -2.22. The lowest BCUT2D eigenvalue weighted by molar-refractivity contribution is 0.101. The van der Waals surface area contributed by atoms with Crippen LogP contribution < -0.4 is 4.31 Å². The fraction of sp³-hybridized carbons (Fsp3) is 0.211. The number of alkyl halides is 2. The molecule has 10 heteroatoms. The van der Waals surface area contributed by atoms with Gasteiger partial charge in [-0.25, -0.2) is 8.60 Å². The third-order valence-corrected chi connectivity index (χ3v) is 5.05. The van der Waals surface area contributed by atoms with Crippen LogP contribution in [0.25, 0.3) is 11.5 Å². The first kappa shape index (κ1) is 20.7. The van der Waals surface area contributed by atoms with Crippen LogP contribution in [0.15, 0.2) is 46.9 Å². The van der Waals surface area contributed by atoms with Crippen molar-refractivity contribution in [1.82, 2.24) is 10.2 Å². The van der Waals surface area contributed by atoms with Crippen molar-refractivity contribution < 1.29 is 26.6 Å². The summed E-state index contributed by atoms with van der Waals surface area (Å²) in [5.41, 5.74) is 1.31. The van der Waals surface area contributed by atoms with Crippen molar-refractivity contribution in [1.29, 1.82) is 0 Å². The molecule has 0 fully saturated rings. The summed E-state index contributed by atoms with van der Waals surface area (Å²) >= 11 is 0. The highest BCUT2D eigenvalue weighted by molar-refractivity contribution is 7.85. The van der Waals surface area contributed by atoms with Gasteiger partial charge in [0.1, 0.15) is 16.8 Å². The van der Waals surface area contributed by atoms with Crippen molar-refractivity contribution in [2.24, 2.45) is 0 Å². The quantitative estimate of drug-likeness (QED) is 0.529. The highest BCUT2D eigenvalue weighted by atomic mass is 32.2. The number of rotatable bonds is 7. The standard InChI is InChI=1S/C19H16F3N3O3S/c1-11(26)12-4-3-5-15(8-12)25(29(2)27)10-14-7-6-13(9-16(14)20)18-23-24-19(28-18)17(21)22/h3-9,17H,10H2,1-2H3. The highest BCUT2D eigenvalue weighted by Gasteiger charge is 2.19. The van der Waals surface area contributed by atoms with Crippen molar-refractivity contribution >= 4 is 22.5 Å². The Balaban J connectivity index is 1.88. The van der Waals surface area contributed by atoms with Gasteiger partial charge in [-0.15, -0.1) is 10.2 Å². The van der Waals surface area contributed by atoms with Crippen molar-refractivity contribution in [3.05, 3.63) is 65.3 Å². The van der Waals surface area contributed by atoms with E-state index in [4.69, 9.17) is 4.42 Å². The predicted molar refractivity (Wildman–Crippen MR) is 101 cm³/mol. The number of nitrogens with zero attached hydrogens (tertiary/aromatic N) is 3. The number of benzene rings is 2. The molecule has 0 radical (unpaired) electrons. The fourth-order valence-electron chi connectivity index (χ4n) is 2.61. The molecule has 152 valence electrons. The summed E-state index contributed by atoms with van der Waals surface area (Å²) < 4.78 is 58.3. The second-order valence-corrected chi connectivity index (χ2v) is 7.41. The third kappa shape index (κ3) is 4.70. The van der Waals surface area contributed by atoms with E-state index in [1.165, 1.54) is 29.6 Å². The maximum atomic E-state index is 14.6. The van der Waals surface area contributed by atoms with E-state index >= 15 is 0 Å². The molecule has 0 amide bonds. The van der Waals surface area contributed by atoms with Crippen LogP contribution in [0.1, 0.15) is 35.2 Å². The van der Waals surface area contributed by atoms with E-state index in [0.29, 0.717) is 11.3 Å². The maximum Gasteiger partial charge on any atom is 0.314 e. The van der Waals surface area contributed by atoms with E-state index in [9.17, 15) is 22.2 Å². The molecule has 3 aromatic rings. The van der Waals surface area contributed by atoms with E-state index in [1.54, 1.807) is 24.3 Å². The minimum Gasteiger partial charge on any atom is -0.415 e. The number of hydrogen-bond donors (Lipinski definition) is 0. The van der Waals surface area contributed by atoms with Crippen molar-refractivity contribution in [3.63, 3.8) is 0 Å². The summed E-state index contributed by atoms with van der Waals surface area (Å²) in [6.45, 7) is 1.38. The van der Waals surface area contributed by atoms with Gasteiger partial charge in [0.15, 0.2) is 5.78 Å². The molecule has 1 atom stereocenters. The predicted octanol–water partition coefficient (Wildman–Crippen LogP) is 4.32. The molecule has 29 heavy (non-hydrogen) atoms. The first-order valence-corrected chi connectivity index (χ1v) is 9.90. The third-order valence-electron chi connectivity index (χ3n) is 4.09. The van der Waals surface area contributed by atoms with Crippen molar-refractivity contribution in [2.75, 3.05) is 10.6 Å². The molecule has 3 rings (SSSR count). The monoisotopic (exact) mass is 423 g/mol. The molecule has 0 aliphatic heterocycles. The number of anilines is 1. The van der Waals surface area contributed by atoms with Gasteiger partial charge in [0.25, 0.3) is 5.89 Å². The first-order chi connectivity index (χ1) is 13.8. The average Bonchev–Trinajstić information content (AvgIpc) is 3.17. The summed E-state index contributed by atoms with van der Waals surface area (Å²) in [5, 5.41) is 6.70. The molecule has 0 aliphatic carbocycles. The topological polar surface area (TPSA) is 76.3 Å². The van der Waals surface area contributed by atoms with Gasteiger partial charge in [0, 0.05) is 22.9 Å². The van der Waals surface area contributed by atoms with Crippen LogP contribution >= 0.6 is 0 Å². The minimum atomic E-state index is -2.92. The Labute approximate surface area is 166 Å². The average molecular weight is 423 g/mol. The van der Waals surface area contributed by atoms with E-state index < -0.39 is 29.1 Å². The van der Waals surface area contributed by atoms with E-state index in [1.807, 2.05) is 0 Å². The molecule has 0 saturated heterocycles. The lowest BCUT2D eigenvalue weighted by atomic mass is 10.1. The van der Waals surface area contributed by atoms with Gasteiger partial charge in [-0.05, 0) is 31.2 Å². The van der Waals surface area contributed by atoms with Gasteiger partial charge in [-0.1, -0.05) is 18.2 Å². The number of carbonyl (C=O) groups excluding carboxylic acids is 1. The smallest absolute Gasteiger partial charge is 0.314 e. The van der Waals surface area contributed by atoms with Crippen LogP contribution in [0.3, 0.4) is 0 Å². The Kier molecular flexibility index (Phi) is 6.12. The summed E-state index contributed by atoms with van der Waals surface area (Å²) in [6.07, 6.45) is -1.48. The summed E-state index contributed by atoms with van der Waals surface area (Å²) in [6, 6.07) is 10.5. The molecule has 6 nitrogen and oxygen atoms in total. The second kappa shape index (κ2) is 8.56. The number of ketones is 1. The Morgan fingerprint density at radius 3 is 2.55 bits per heavy atom. The normalized spacial score (nSPS) is 12.2. The molecule has 0 saturated carbocycles. The molecule has 1 aromatic heterocycles. The SMILES string of the molecule is CC(=O)c1cccc(N(Cc2ccc(-c3nnc(C(F)F)o3)cc2F)S(C)=O)c1. The number of hydrogen-bond acceptors (Lipinski definition) is 5. The molecule has 0 bridgehead atoms. The number of Topliss-reactive ketones (excluding diaryl/α,β-unsaturated/α-hetero) is 1. The van der Waals surface area contributed by atoms with Crippen LogP contribution in [-0.2, 0) is 17.5 Å². The van der Waals surface area contributed by atoms with Crippen LogP contribution in [0.2, 0.25) is 0 Å². The molecule has 0 aliphatic rings. The molecule has 1 unspecified atom stereocenters. The summed E-state index contributed by atoms with van der Waals surface area (Å²) in [5.74, 6) is -1.87. The first-order valence-electron chi connectivity index (χ1n) is 8.38. The second-order valence-electron chi connectivity index (χ2n) is 6.12. The molecular formula is C19H16F3N3O3S. The zero-order chi connectivity index (χ0) is 21.1. The largest absolute Gasteiger partial charge is 0.415 e. The van der Waals surface area contributed by atoms with Crippen molar-refractivity contribution in [2.45, 2.75) is 19.9 Å². The lowest BCUT2D eigenvalue weighted by Crippen LogP contribution is -2.25. The van der Waals surface area contributed by atoms with E-state index in [2.05, 4.69) is 10.2 Å². The molecule has 0 N–H and O–H groups in total. The highest BCUT2D eigenvalue weighted by Crippen LogP contribution is 2.26. The summed E-state index contributed by atoms with van der Waals surface area (Å²) in [7, 11) is -1.50. The molecular weight excluding hydrogens is 407 g/mol. The maximum absolute atomic E-state index is 14.6. The van der Waals surface area contributed by atoms with Gasteiger partial charge in [0.2, 0.25) is 5.89 Å². The van der Waals surface area contributed by atoms with Crippen LogP contribution in [0.5, 0.6) is 0 Å².